The minimum Gasteiger partial charge on any atom is -0.493 e. The zero-order valence-corrected chi connectivity index (χ0v) is 17.8. The molecule has 0 aliphatic carbocycles. The Kier molecular flexibility index (Phi) is 7.34. The van der Waals surface area contributed by atoms with Crippen LogP contribution in [0.25, 0.3) is 22.0 Å². The first kappa shape index (κ1) is 23.5. The van der Waals surface area contributed by atoms with Gasteiger partial charge in [0.1, 0.15) is 5.69 Å². The molecule has 3 rings (SSSR count). The molecule has 12 heteroatoms. The number of benzene rings is 2. The highest BCUT2D eigenvalue weighted by atomic mass is 35.5. The van der Waals surface area contributed by atoms with E-state index in [1.165, 1.54) is 45.5 Å². The van der Waals surface area contributed by atoms with Crippen LogP contribution in [0.5, 0.6) is 11.5 Å². The van der Waals surface area contributed by atoms with E-state index in [-0.39, 0.29) is 52.3 Å². The summed E-state index contributed by atoms with van der Waals surface area (Å²) in [5.41, 5.74) is -0.885. The van der Waals surface area contributed by atoms with Crippen LogP contribution >= 0.6 is 12.4 Å². The van der Waals surface area contributed by atoms with E-state index >= 15 is 0 Å². The summed E-state index contributed by atoms with van der Waals surface area (Å²) >= 11 is 0. The Morgan fingerprint density at radius 1 is 1.07 bits per heavy atom. The number of ether oxygens (including phenoxy) is 2. The summed E-state index contributed by atoms with van der Waals surface area (Å²) in [7, 11) is 1.12. The second kappa shape index (κ2) is 9.37. The summed E-state index contributed by atoms with van der Waals surface area (Å²) in [5, 5.41) is 6.53. The Bertz CT molecular complexity index is 1220. The molecule has 0 amide bonds. The zero-order valence-electron chi connectivity index (χ0n) is 16.1. The highest BCUT2D eigenvalue weighted by Gasteiger charge is 2.21. The Labute approximate surface area is 177 Å². The van der Waals surface area contributed by atoms with E-state index in [1.807, 2.05) is 0 Å². The number of hydrogen-bond donors (Lipinski definition) is 2. The van der Waals surface area contributed by atoms with Crippen LogP contribution in [0.2, 0.25) is 0 Å². The minimum absolute atomic E-state index is 0. The molecule has 0 radical (unpaired) electrons. The lowest BCUT2D eigenvalue weighted by Crippen LogP contribution is -2.17. The van der Waals surface area contributed by atoms with Crippen LogP contribution in [-0.4, -0.2) is 44.2 Å². The van der Waals surface area contributed by atoms with Crippen LogP contribution in [0, 0.1) is 11.6 Å². The van der Waals surface area contributed by atoms with E-state index in [0.29, 0.717) is 5.75 Å². The summed E-state index contributed by atoms with van der Waals surface area (Å²) in [4.78, 5) is 12.2. The lowest BCUT2D eigenvalue weighted by Gasteiger charge is -2.13. The number of fused-ring (bicyclic) bond motifs is 1. The molecule has 162 valence electrons. The number of hydrogen-bond acceptors (Lipinski definition) is 6. The molecular formula is C18H18ClF2N3O5S. The fraction of sp³-hybridized carbons (Fsp3) is 0.222. The molecule has 0 fully saturated rings. The number of thiol groups is 1. The number of methoxy groups -OCH3 is 2. The molecular weight excluding hydrogens is 444 g/mol. The number of H-pyrrole nitrogens is 1. The number of halogens is 3. The maximum atomic E-state index is 14.8. The van der Waals surface area contributed by atoms with Crippen molar-refractivity contribution in [3.63, 3.8) is 0 Å². The molecule has 0 spiro atoms. The lowest BCUT2D eigenvalue weighted by molar-refractivity contribution is 0.356. The maximum Gasteiger partial charge on any atom is 0.272 e. The second-order valence-electron chi connectivity index (χ2n) is 6.11. The van der Waals surface area contributed by atoms with E-state index < -0.39 is 28.1 Å². The topological polar surface area (TPSA) is 102 Å². The Hall–Kier alpha value is -2.76. The molecule has 0 saturated heterocycles. The molecule has 0 bridgehead atoms. The maximum absolute atomic E-state index is 14.8. The zero-order chi connectivity index (χ0) is 21.3. The molecule has 1 N–H and O–H groups in total. The summed E-state index contributed by atoms with van der Waals surface area (Å²) in [6.07, 6.45) is 0. The van der Waals surface area contributed by atoms with Crippen molar-refractivity contribution >= 4 is 34.1 Å². The molecule has 1 aromatic heterocycles. The van der Waals surface area contributed by atoms with E-state index in [4.69, 9.17) is 9.47 Å². The highest BCUT2D eigenvalue weighted by Crippen LogP contribution is 2.36. The lowest BCUT2D eigenvalue weighted by atomic mass is 10.0. The van der Waals surface area contributed by atoms with Crippen LogP contribution in [0.3, 0.4) is 0 Å². The van der Waals surface area contributed by atoms with Gasteiger partial charge in [-0.05, 0) is 18.2 Å². The van der Waals surface area contributed by atoms with Crippen LogP contribution < -0.4 is 15.0 Å². The van der Waals surface area contributed by atoms with Gasteiger partial charge in [-0.3, -0.25) is 4.79 Å². The van der Waals surface area contributed by atoms with Crippen molar-refractivity contribution in [3.05, 3.63) is 51.8 Å². The minimum atomic E-state index is -2.93. The van der Waals surface area contributed by atoms with Gasteiger partial charge in [0, 0.05) is 30.1 Å². The van der Waals surface area contributed by atoms with Gasteiger partial charge in [-0.25, -0.2) is 26.6 Å². The fourth-order valence-electron chi connectivity index (χ4n) is 2.89. The molecule has 8 nitrogen and oxygen atoms in total. The van der Waals surface area contributed by atoms with Gasteiger partial charge in [0.25, 0.3) is 5.56 Å². The van der Waals surface area contributed by atoms with Crippen molar-refractivity contribution in [2.75, 3.05) is 21.3 Å². The van der Waals surface area contributed by atoms with Crippen molar-refractivity contribution in [3.8, 4) is 22.8 Å². The Morgan fingerprint density at radius 3 is 2.23 bits per heavy atom. The Morgan fingerprint density at radius 2 is 1.67 bits per heavy atom. The first-order valence-corrected chi connectivity index (χ1v) is 9.38. The quantitative estimate of drug-likeness (QED) is 0.546. The number of rotatable bonds is 6. The van der Waals surface area contributed by atoms with Crippen molar-refractivity contribution in [2.45, 2.75) is 6.54 Å². The molecule has 0 aliphatic heterocycles. The average molecular weight is 462 g/mol. The van der Waals surface area contributed by atoms with Gasteiger partial charge in [0.05, 0.1) is 19.6 Å². The molecule has 0 atom stereocenters. The van der Waals surface area contributed by atoms with Crippen molar-refractivity contribution in [2.24, 2.45) is 0 Å². The van der Waals surface area contributed by atoms with E-state index in [1.54, 1.807) is 0 Å². The molecule has 0 saturated carbocycles. The van der Waals surface area contributed by atoms with Crippen molar-refractivity contribution in [1.29, 1.82) is 0 Å². The van der Waals surface area contributed by atoms with Gasteiger partial charge >= 0.3 is 0 Å². The summed E-state index contributed by atoms with van der Waals surface area (Å²) in [6.45, 7) is -0.327. The van der Waals surface area contributed by atoms with Crippen LogP contribution in [-0.2, 0) is 17.4 Å². The van der Waals surface area contributed by atoms with E-state index in [2.05, 4.69) is 10.2 Å². The first-order chi connectivity index (χ1) is 13.8. The predicted octanol–water partition coefficient (Wildman–Crippen LogP) is 2.27. The predicted molar refractivity (Wildman–Crippen MR) is 110 cm³/mol. The molecule has 0 aliphatic rings. The highest BCUT2D eigenvalue weighted by molar-refractivity contribution is 7.69. The molecule has 3 aromatic rings. The van der Waals surface area contributed by atoms with Crippen LogP contribution in [0.15, 0.2) is 29.1 Å². The van der Waals surface area contributed by atoms with Crippen LogP contribution in [0.1, 0.15) is 5.56 Å². The van der Waals surface area contributed by atoms with E-state index in [9.17, 15) is 22.0 Å². The van der Waals surface area contributed by atoms with E-state index in [0.717, 1.165) is 4.31 Å². The monoisotopic (exact) mass is 461 g/mol. The Balaban J connectivity index is 0.00000320. The SMILES string of the molecule is COc1cc2c(-c3ccc(CN(C)[SH](=O)=O)c(F)c3F)n[nH]c(=O)c2cc1OC.Cl. The standard InChI is InChI=1S/C18H17F2N3O5S.ClH/c1-23(29(25)26)8-9-4-5-10(16(20)15(9)19)17-11-6-13(27-2)14(28-3)7-12(11)18(24)22-21-17;/h4-7,29H,8H2,1-3H3,(H,22,24);1H. The van der Waals surface area contributed by atoms with Gasteiger partial charge in [-0.1, -0.05) is 6.07 Å². The average Bonchev–Trinajstić information content (AvgIpc) is 2.71. The van der Waals surface area contributed by atoms with Crippen LogP contribution in [0.4, 0.5) is 8.78 Å². The third-order valence-corrected chi connectivity index (χ3v) is 5.09. The molecule has 30 heavy (non-hydrogen) atoms. The molecule has 2 aromatic carbocycles. The number of nitrogens with zero attached hydrogens (tertiary/aromatic N) is 2. The largest absolute Gasteiger partial charge is 0.493 e. The number of aromatic nitrogens is 2. The third-order valence-electron chi connectivity index (χ3n) is 4.39. The summed E-state index contributed by atoms with van der Waals surface area (Å²) in [6, 6.07) is 5.41. The van der Waals surface area contributed by atoms with Crippen molar-refractivity contribution < 1.29 is 26.7 Å². The van der Waals surface area contributed by atoms with Gasteiger partial charge in [0.2, 0.25) is 10.9 Å². The van der Waals surface area contributed by atoms with Gasteiger partial charge < -0.3 is 9.47 Å². The van der Waals surface area contributed by atoms with Crippen molar-refractivity contribution in [1.82, 2.24) is 14.5 Å². The first-order valence-electron chi connectivity index (χ1n) is 8.25. The second-order valence-corrected chi connectivity index (χ2v) is 7.27. The smallest absolute Gasteiger partial charge is 0.272 e. The molecule has 1 heterocycles. The van der Waals surface area contributed by atoms with Gasteiger partial charge in [0.15, 0.2) is 23.1 Å². The number of nitrogens with one attached hydrogen (secondary N) is 1. The van der Waals surface area contributed by atoms with Gasteiger partial charge in [-0.15, -0.1) is 12.4 Å². The fourth-order valence-corrected chi connectivity index (χ4v) is 3.16. The number of aromatic amines is 1. The van der Waals surface area contributed by atoms with Gasteiger partial charge in [-0.2, -0.15) is 5.10 Å². The summed E-state index contributed by atoms with van der Waals surface area (Å²) < 4.78 is 62.6. The summed E-state index contributed by atoms with van der Waals surface area (Å²) in [5.74, 6) is -1.84. The third kappa shape index (κ3) is 4.23. The molecule has 0 unspecified atom stereocenters. The normalized spacial score (nSPS) is 11.0.